The minimum atomic E-state index is -0.162. The highest BCUT2D eigenvalue weighted by atomic mass is 16.3. The monoisotopic (exact) mass is 921 g/mol. The maximum atomic E-state index is 6.46. The third-order valence-corrected chi connectivity index (χ3v) is 14.9. The lowest BCUT2D eigenvalue weighted by molar-refractivity contribution is 0.589. The lowest BCUT2D eigenvalue weighted by Gasteiger charge is -2.45. The Balaban J connectivity index is 1.17. The van der Waals surface area contributed by atoms with Gasteiger partial charge in [-0.05, 0) is 151 Å². The highest BCUT2D eigenvalue weighted by Gasteiger charge is 2.45. The summed E-state index contributed by atoms with van der Waals surface area (Å²) in [6, 6.07) is 74.4. The van der Waals surface area contributed by atoms with Gasteiger partial charge in [-0.25, -0.2) is 0 Å². The zero-order chi connectivity index (χ0) is 49.0. The lowest BCUT2D eigenvalue weighted by atomic mass is 9.33. The van der Waals surface area contributed by atoms with E-state index in [0.717, 1.165) is 67.2 Å². The molecule has 0 saturated heterocycles. The molecule has 2 aliphatic rings. The zero-order valence-electron chi connectivity index (χ0n) is 42.4. The molecule has 0 spiro atoms. The molecule has 71 heavy (non-hydrogen) atoms. The molecule has 10 aromatic rings. The minimum absolute atomic E-state index is 0.0286. The molecule has 0 saturated carbocycles. The smallest absolute Gasteiger partial charge is 0.252 e. The molecule has 0 N–H and O–H groups in total. The largest absolute Gasteiger partial charge is 0.456 e. The van der Waals surface area contributed by atoms with Crippen LogP contribution in [-0.2, 0) is 16.2 Å². The molecule has 12 rings (SSSR count). The Morgan fingerprint density at radius 2 is 0.986 bits per heavy atom. The van der Waals surface area contributed by atoms with E-state index in [9.17, 15) is 0 Å². The molecule has 3 heterocycles. The van der Waals surface area contributed by atoms with Crippen molar-refractivity contribution in [3.05, 3.63) is 217 Å². The predicted molar refractivity (Wildman–Crippen MR) is 304 cm³/mol. The van der Waals surface area contributed by atoms with Gasteiger partial charge in [-0.3, -0.25) is 0 Å². The van der Waals surface area contributed by atoms with Gasteiger partial charge in [0.25, 0.3) is 6.71 Å². The van der Waals surface area contributed by atoms with Gasteiger partial charge >= 0.3 is 0 Å². The second-order valence-corrected chi connectivity index (χ2v) is 22.7. The molecule has 5 heteroatoms. The number of rotatable bonds is 6. The van der Waals surface area contributed by atoms with Crippen molar-refractivity contribution in [2.24, 2.45) is 0 Å². The maximum absolute atomic E-state index is 6.46. The molecule has 0 unspecified atom stereocenters. The van der Waals surface area contributed by atoms with Crippen molar-refractivity contribution >= 4 is 96.2 Å². The van der Waals surface area contributed by atoms with Crippen molar-refractivity contribution in [2.75, 3.05) is 14.7 Å². The summed E-state index contributed by atoms with van der Waals surface area (Å²) in [6.07, 6.45) is 0. The number of fused-ring (bicyclic) bond motifs is 7. The summed E-state index contributed by atoms with van der Waals surface area (Å²) in [7, 11) is 0. The second-order valence-electron chi connectivity index (χ2n) is 22.7. The van der Waals surface area contributed by atoms with Crippen LogP contribution < -0.4 is 31.1 Å². The summed E-state index contributed by atoms with van der Waals surface area (Å²) in [5.74, 6) is 0. The van der Waals surface area contributed by atoms with E-state index in [4.69, 9.17) is 4.42 Å². The number of hydrogen-bond acceptors (Lipinski definition) is 4. The molecular weight excluding hydrogens is 862 g/mol. The molecule has 0 atom stereocenters. The van der Waals surface area contributed by atoms with Gasteiger partial charge in [0.15, 0.2) is 0 Å². The van der Waals surface area contributed by atoms with Crippen molar-refractivity contribution in [1.82, 2.24) is 0 Å². The Morgan fingerprint density at radius 1 is 0.394 bits per heavy atom. The van der Waals surface area contributed by atoms with Crippen LogP contribution in [0.25, 0.3) is 33.1 Å². The standard InChI is InChI=1S/C66H60BN3O/c1-64(2,3)44-30-33-49(34-31-44)69-56-37-32-45(65(4,5)6)39-55(56)67-54-36-35-51(68(47-21-12-10-13-22-47)48-23-14-11-15-24-48)42-57(54)70(59-41-46(66(7,8)9)40-58(69)63(59)67)50-25-18-20-43(38-50)52-27-19-29-61-62(52)53-26-16-17-28-60(53)71-61/h10-42H,1-9H3. The van der Waals surface area contributed by atoms with Gasteiger partial charge < -0.3 is 19.1 Å². The van der Waals surface area contributed by atoms with E-state index in [1.165, 1.54) is 50.1 Å². The molecule has 0 aliphatic carbocycles. The molecule has 0 bridgehead atoms. The van der Waals surface area contributed by atoms with Crippen LogP contribution in [0.5, 0.6) is 0 Å². The van der Waals surface area contributed by atoms with Crippen molar-refractivity contribution in [1.29, 1.82) is 0 Å². The molecule has 4 nitrogen and oxygen atoms in total. The number of benzene rings is 9. The number of hydrogen-bond donors (Lipinski definition) is 0. The van der Waals surface area contributed by atoms with Crippen molar-refractivity contribution < 1.29 is 4.42 Å². The first-order chi connectivity index (χ1) is 34.1. The third-order valence-electron chi connectivity index (χ3n) is 14.9. The average molecular weight is 922 g/mol. The quantitative estimate of drug-likeness (QED) is 0.155. The highest BCUT2D eigenvalue weighted by molar-refractivity contribution is 7.00. The predicted octanol–water partition coefficient (Wildman–Crippen LogP) is 16.7. The van der Waals surface area contributed by atoms with E-state index < -0.39 is 0 Å². The van der Waals surface area contributed by atoms with Gasteiger partial charge in [-0.1, -0.05) is 172 Å². The van der Waals surface area contributed by atoms with E-state index in [1.54, 1.807) is 0 Å². The summed E-state index contributed by atoms with van der Waals surface area (Å²) in [5.41, 5.74) is 22.1. The average Bonchev–Trinajstić information content (AvgIpc) is 3.75. The third kappa shape index (κ3) is 7.53. The SMILES string of the molecule is CC(C)(C)c1ccc(N2c3ccc(C(C)(C)C)cc3B3c4ccc(N(c5ccccc5)c5ccccc5)cc4N(c4cccc(-c5cccc6oc7ccccc7c56)c4)c4cc(C(C)(C)C)cc2c43)cc1. The van der Waals surface area contributed by atoms with Gasteiger partial charge in [0.1, 0.15) is 11.2 Å². The van der Waals surface area contributed by atoms with E-state index in [0.29, 0.717) is 0 Å². The number of anilines is 9. The first kappa shape index (κ1) is 44.5. The van der Waals surface area contributed by atoms with Gasteiger partial charge in [0.2, 0.25) is 0 Å². The Kier molecular flexibility index (Phi) is 10.3. The van der Waals surface area contributed by atoms with Crippen LogP contribution in [0, 0.1) is 0 Å². The highest BCUT2D eigenvalue weighted by Crippen LogP contribution is 2.49. The zero-order valence-corrected chi connectivity index (χ0v) is 42.4. The van der Waals surface area contributed by atoms with Crippen LogP contribution in [-0.4, -0.2) is 6.71 Å². The van der Waals surface area contributed by atoms with Crippen LogP contribution in [0.1, 0.15) is 79.0 Å². The summed E-state index contributed by atoms with van der Waals surface area (Å²) in [6.45, 7) is 20.9. The number of nitrogens with zero attached hydrogens (tertiary/aromatic N) is 3. The van der Waals surface area contributed by atoms with Gasteiger partial charge in [0, 0.05) is 62.0 Å². The minimum Gasteiger partial charge on any atom is -0.456 e. The normalized spacial score (nSPS) is 13.3. The molecule has 0 radical (unpaired) electrons. The first-order valence-electron chi connectivity index (χ1n) is 25.2. The maximum Gasteiger partial charge on any atom is 0.252 e. The number of furan rings is 1. The summed E-state index contributed by atoms with van der Waals surface area (Å²) in [4.78, 5) is 7.53. The summed E-state index contributed by atoms with van der Waals surface area (Å²) >= 11 is 0. The fraction of sp³-hybridized carbons (Fsp3) is 0.182. The molecule has 0 amide bonds. The van der Waals surface area contributed by atoms with E-state index >= 15 is 0 Å². The molecular formula is C66H60BN3O. The summed E-state index contributed by atoms with van der Waals surface area (Å²) in [5, 5.41) is 2.26. The van der Waals surface area contributed by atoms with Crippen molar-refractivity contribution in [3.63, 3.8) is 0 Å². The Bertz CT molecular complexity index is 3630. The van der Waals surface area contributed by atoms with Crippen LogP contribution in [0.2, 0.25) is 0 Å². The molecule has 9 aromatic carbocycles. The van der Waals surface area contributed by atoms with E-state index in [1.807, 2.05) is 6.07 Å². The number of para-hydroxylation sites is 3. The fourth-order valence-electron chi connectivity index (χ4n) is 11.1. The molecule has 0 fully saturated rings. The Hall–Kier alpha value is -7.76. The Morgan fingerprint density at radius 3 is 1.65 bits per heavy atom. The summed E-state index contributed by atoms with van der Waals surface area (Å²) < 4.78 is 6.46. The molecule has 2 aliphatic heterocycles. The van der Waals surface area contributed by atoms with Crippen LogP contribution >= 0.6 is 0 Å². The Labute approximate surface area is 419 Å². The van der Waals surface area contributed by atoms with E-state index in [-0.39, 0.29) is 23.0 Å². The van der Waals surface area contributed by atoms with Crippen LogP contribution in [0.4, 0.5) is 51.2 Å². The van der Waals surface area contributed by atoms with Gasteiger partial charge in [-0.2, -0.15) is 0 Å². The van der Waals surface area contributed by atoms with E-state index in [2.05, 4.69) is 271 Å². The van der Waals surface area contributed by atoms with Crippen molar-refractivity contribution in [3.8, 4) is 11.1 Å². The van der Waals surface area contributed by atoms with Crippen LogP contribution in [0.3, 0.4) is 0 Å². The molecule has 1 aromatic heterocycles. The second kappa shape index (κ2) is 16.4. The van der Waals surface area contributed by atoms with Crippen molar-refractivity contribution in [2.45, 2.75) is 78.6 Å². The topological polar surface area (TPSA) is 22.9 Å². The fourth-order valence-corrected chi connectivity index (χ4v) is 11.1. The van der Waals surface area contributed by atoms with Gasteiger partial charge in [-0.15, -0.1) is 0 Å². The molecule has 348 valence electrons. The lowest BCUT2D eigenvalue weighted by Crippen LogP contribution is -2.61. The van der Waals surface area contributed by atoms with Crippen LogP contribution in [0.15, 0.2) is 205 Å². The first-order valence-corrected chi connectivity index (χ1v) is 25.2. The van der Waals surface area contributed by atoms with Gasteiger partial charge in [0.05, 0.1) is 0 Å².